The Kier molecular flexibility index (Phi) is 6.06. The first-order chi connectivity index (χ1) is 10.1. The fourth-order valence-electron chi connectivity index (χ4n) is 2.96. The average Bonchev–Trinajstić information content (AvgIpc) is 2.46. The molecule has 1 aromatic carbocycles. The van der Waals surface area contributed by atoms with Crippen molar-refractivity contribution in [2.24, 2.45) is 5.92 Å². The molecule has 1 aliphatic rings. The van der Waals surface area contributed by atoms with Crippen LogP contribution in [-0.2, 0) is 6.54 Å². The molecule has 21 heavy (non-hydrogen) atoms. The fraction of sp³-hybridized carbons (Fsp3) is 0.625. The Hall–Kier alpha value is -1.07. The summed E-state index contributed by atoms with van der Waals surface area (Å²) < 4.78 is 38.9. The summed E-state index contributed by atoms with van der Waals surface area (Å²) >= 11 is 0. The SMILES string of the molecule is OC1CCCCC1CCCNCc1cc(F)c(F)c(F)c1. The number of nitrogens with one attached hydrogen (secondary N) is 1. The fourth-order valence-corrected chi connectivity index (χ4v) is 2.96. The maximum Gasteiger partial charge on any atom is 0.194 e. The van der Waals surface area contributed by atoms with Gasteiger partial charge in [0.15, 0.2) is 17.5 Å². The molecule has 118 valence electrons. The average molecular weight is 301 g/mol. The zero-order chi connectivity index (χ0) is 15.2. The zero-order valence-corrected chi connectivity index (χ0v) is 12.0. The first-order valence-corrected chi connectivity index (χ1v) is 7.60. The normalized spacial score (nSPS) is 22.5. The van der Waals surface area contributed by atoms with Crippen LogP contribution in [0.3, 0.4) is 0 Å². The van der Waals surface area contributed by atoms with Gasteiger partial charge in [0.05, 0.1) is 6.10 Å². The van der Waals surface area contributed by atoms with Crippen molar-refractivity contribution in [2.45, 2.75) is 51.2 Å². The van der Waals surface area contributed by atoms with Gasteiger partial charge in [-0.25, -0.2) is 13.2 Å². The van der Waals surface area contributed by atoms with Gasteiger partial charge in [0.1, 0.15) is 0 Å². The smallest absolute Gasteiger partial charge is 0.194 e. The van der Waals surface area contributed by atoms with Gasteiger partial charge in [0.2, 0.25) is 0 Å². The number of rotatable bonds is 6. The molecule has 0 amide bonds. The summed E-state index contributed by atoms with van der Waals surface area (Å²) in [5.74, 6) is -3.36. The lowest BCUT2D eigenvalue weighted by molar-refractivity contribution is 0.0643. The molecule has 5 heteroatoms. The molecular formula is C16H22F3NO. The van der Waals surface area contributed by atoms with Crippen LogP contribution in [-0.4, -0.2) is 17.8 Å². The lowest BCUT2D eigenvalue weighted by Crippen LogP contribution is -2.25. The first kappa shape index (κ1) is 16.3. The molecule has 1 aromatic rings. The maximum atomic E-state index is 13.0. The molecule has 1 saturated carbocycles. The van der Waals surface area contributed by atoms with Gasteiger partial charge in [0, 0.05) is 6.54 Å². The van der Waals surface area contributed by atoms with E-state index in [0.717, 1.165) is 44.2 Å². The van der Waals surface area contributed by atoms with Crippen LogP contribution in [0.15, 0.2) is 12.1 Å². The number of aliphatic hydroxyl groups is 1. The third kappa shape index (κ3) is 4.71. The summed E-state index contributed by atoms with van der Waals surface area (Å²) in [6, 6.07) is 2.02. The molecule has 1 fully saturated rings. The Labute approximate surface area is 123 Å². The van der Waals surface area contributed by atoms with Crippen LogP contribution in [0.4, 0.5) is 13.2 Å². The summed E-state index contributed by atoms with van der Waals surface area (Å²) in [4.78, 5) is 0. The Balaban J connectivity index is 1.68. The van der Waals surface area contributed by atoms with E-state index in [2.05, 4.69) is 5.32 Å². The highest BCUT2D eigenvalue weighted by molar-refractivity contribution is 5.19. The quantitative estimate of drug-likeness (QED) is 0.622. The minimum atomic E-state index is -1.43. The van der Waals surface area contributed by atoms with Crippen LogP contribution in [0.1, 0.15) is 44.1 Å². The number of benzene rings is 1. The second-order valence-electron chi connectivity index (χ2n) is 5.80. The van der Waals surface area contributed by atoms with E-state index in [4.69, 9.17) is 0 Å². The maximum absolute atomic E-state index is 13.0. The Morgan fingerprint density at radius 2 is 1.76 bits per heavy atom. The molecule has 0 bridgehead atoms. The van der Waals surface area contributed by atoms with Gasteiger partial charge in [0.25, 0.3) is 0 Å². The minimum Gasteiger partial charge on any atom is -0.393 e. The lowest BCUT2D eigenvalue weighted by atomic mass is 9.83. The monoisotopic (exact) mass is 301 g/mol. The zero-order valence-electron chi connectivity index (χ0n) is 12.0. The summed E-state index contributed by atoms with van der Waals surface area (Å²) in [6.45, 7) is 1.02. The summed E-state index contributed by atoms with van der Waals surface area (Å²) in [6.07, 6.45) is 5.95. The van der Waals surface area contributed by atoms with Gasteiger partial charge in [-0.2, -0.15) is 0 Å². The van der Waals surface area contributed by atoms with E-state index in [1.807, 2.05) is 0 Å². The number of aliphatic hydroxyl groups excluding tert-OH is 1. The molecule has 2 unspecified atom stereocenters. The number of halogens is 3. The summed E-state index contributed by atoms with van der Waals surface area (Å²) in [5.41, 5.74) is 0.393. The van der Waals surface area contributed by atoms with Crippen LogP contribution in [0.25, 0.3) is 0 Å². The van der Waals surface area contributed by atoms with E-state index in [1.165, 1.54) is 6.42 Å². The molecule has 0 radical (unpaired) electrons. The largest absolute Gasteiger partial charge is 0.393 e. The predicted molar refractivity (Wildman–Crippen MR) is 75.2 cm³/mol. The molecule has 0 aromatic heterocycles. The molecule has 0 saturated heterocycles. The van der Waals surface area contributed by atoms with Crippen molar-refractivity contribution in [1.29, 1.82) is 0 Å². The van der Waals surface area contributed by atoms with E-state index in [0.29, 0.717) is 24.6 Å². The van der Waals surface area contributed by atoms with Crippen molar-refractivity contribution in [3.63, 3.8) is 0 Å². The van der Waals surface area contributed by atoms with Gasteiger partial charge in [-0.1, -0.05) is 12.8 Å². The van der Waals surface area contributed by atoms with Gasteiger partial charge in [-0.15, -0.1) is 0 Å². The molecule has 0 heterocycles. The highest BCUT2D eigenvalue weighted by atomic mass is 19.2. The van der Waals surface area contributed by atoms with Crippen LogP contribution in [0, 0.1) is 23.4 Å². The second kappa shape index (κ2) is 7.80. The van der Waals surface area contributed by atoms with Gasteiger partial charge >= 0.3 is 0 Å². The topological polar surface area (TPSA) is 32.3 Å². The highest BCUT2D eigenvalue weighted by Crippen LogP contribution is 2.27. The van der Waals surface area contributed by atoms with Crippen LogP contribution in [0.5, 0.6) is 0 Å². The molecule has 0 aliphatic heterocycles. The highest BCUT2D eigenvalue weighted by Gasteiger charge is 2.22. The van der Waals surface area contributed by atoms with Crippen molar-refractivity contribution >= 4 is 0 Å². The second-order valence-corrected chi connectivity index (χ2v) is 5.80. The molecule has 2 rings (SSSR count). The Morgan fingerprint density at radius 1 is 1.10 bits per heavy atom. The van der Waals surface area contributed by atoms with Crippen molar-refractivity contribution in [2.75, 3.05) is 6.54 Å². The molecular weight excluding hydrogens is 279 g/mol. The standard InChI is InChI=1S/C16H22F3NO/c17-13-8-11(9-14(18)16(13)19)10-20-7-3-5-12-4-1-2-6-15(12)21/h8-9,12,15,20-21H,1-7,10H2. The summed E-state index contributed by atoms with van der Waals surface area (Å²) in [7, 11) is 0. The summed E-state index contributed by atoms with van der Waals surface area (Å²) in [5, 5.41) is 12.9. The van der Waals surface area contributed by atoms with E-state index in [1.54, 1.807) is 0 Å². The minimum absolute atomic E-state index is 0.181. The molecule has 2 nitrogen and oxygen atoms in total. The van der Waals surface area contributed by atoms with Crippen molar-refractivity contribution in [3.8, 4) is 0 Å². The van der Waals surface area contributed by atoms with Crippen molar-refractivity contribution in [3.05, 3.63) is 35.1 Å². The third-order valence-electron chi connectivity index (χ3n) is 4.17. The Morgan fingerprint density at radius 3 is 2.43 bits per heavy atom. The van der Waals surface area contributed by atoms with Crippen molar-refractivity contribution < 1.29 is 18.3 Å². The van der Waals surface area contributed by atoms with Crippen LogP contribution < -0.4 is 5.32 Å². The molecule has 2 N–H and O–H groups in total. The Bertz CT molecular complexity index is 444. The van der Waals surface area contributed by atoms with Crippen molar-refractivity contribution in [1.82, 2.24) is 5.32 Å². The van der Waals surface area contributed by atoms with E-state index >= 15 is 0 Å². The van der Waals surface area contributed by atoms with Gasteiger partial charge in [-0.3, -0.25) is 0 Å². The van der Waals surface area contributed by atoms with Crippen LogP contribution >= 0.6 is 0 Å². The van der Waals surface area contributed by atoms with Gasteiger partial charge < -0.3 is 10.4 Å². The van der Waals surface area contributed by atoms with E-state index in [-0.39, 0.29) is 6.10 Å². The number of hydrogen-bond acceptors (Lipinski definition) is 2. The van der Waals surface area contributed by atoms with Crippen LogP contribution in [0.2, 0.25) is 0 Å². The van der Waals surface area contributed by atoms with Gasteiger partial charge in [-0.05, 0) is 55.8 Å². The lowest BCUT2D eigenvalue weighted by Gasteiger charge is -2.27. The molecule has 0 spiro atoms. The third-order valence-corrected chi connectivity index (χ3v) is 4.17. The van der Waals surface area contributed by atoms with E-state index < -0.39 is 17.5 Å². The first-order valence-electron chi connectivity index (χ1n) is 7.60. The predicted octanol–water partition coefficient (Wildman–Crippen LogP) is 3.52. The number of hydrogen-bond donors (Lipinski definition) is 2. The molecule has 1 aliphatic carbocycles. The molecule has 2 atom stereocenters. The van der Waals surface area contributed by atoms with E-state index in [9.17, 15) is 18.3 Å².